The van der Waals surface area contributed by atoms with Crippen molar-refractivity contribution in [3.63, 3.8) is 0 Å². The van der Waals surface area contributed by atoms with Crippen LogP contribution in [-0.2, 0) is 0 Å². The van der Waals surface area contributed by atoms with Crippen molar-refractivity contribution in [3.05, 3.63) is 0 Å². The number of hydrogen-bond donors (Lipinski definition) is 0. The molecule has 0 aliphatic rings. The van der Waals surface area contributed by atoms with Crippen molar-refractivity contribution in [2.24, 2.45) is 5.41 Å². The molecule has 0 fully saturated rings. The predicted octanol–water partition coefficient (Wildman–Crippen LogP) is 4.35. The minimum absolute atomic E-state index is 0.136. The van der Waals surface area contributed by atoms with Crippen LogP contribution < -0.4 is 0 Å². The van der Waals surface area contributed by atoms with Crippen LogP contribution in [0.2, 0.25) is 17.1 Å². The Bertz CT molecular complexity index is 111. The lowest BCUT2D eigenvalue weighted by Crippen LogP contribution is -2.26. The molecule has 0 rings (SSSR count). The molecule has 0 amide bonds. The first-order chi connectivity index (χ1) is 5.24. The molecule has 0 saturated carbocycles. The van der Waals surface area contributed by atoms with Gasteiger partial charge in [-0.3, -0.25) is 0 Å². The van der Waals surface area contributed by atoms with Gasteiger partial charge in [-0.1, -0.05) is 65.6 Å². The molecule has 0 aromatic rings. The second-order valence-electron chi connectivity index (χ2n) is 5.62. The van der Waals surface area contributed by atoms with Gasteiger partial charge in [0.1, 0.15) is 0 Å². The Hall–Kier alpha value is 0.217. The predicted molar refractivity (Wildman–Crippen MR) is 60.2 cm³/mol. The van der Waals surface area contributed by atoms with Crippen LogP contribution in [0.4, 0.5) is 0 Å². The Balaban J connectivity index is 4.15. The van der Waals surface area contributed by atoms with Gasteiger partial charge in [-0.15, -0.1) is 0 Å². The highest BCUT2D eigenvalue weighted by Crippen LogP contribution is 2.32. The van der Waals surface area contributed by atoms with E-state index in [1.807, 2.05) is 0 Å². The highest BCUT2D eigenvalue weighted by Gasteiger charge is 2.25. The molecule has 0 atom stereocenters. The van der Waals surface area contributed by atoms with Crippen LogP contribution >= 0.6 is 0 Å². The van der Waals surface area contributed by atoms with Crippen molar-refractivity contribution in [1.82, 2.24) is 0 Å². The molecule has 0 nitrogen and oxygen atoms in total. The molecule has 0 saturated heterocycles. The first-order valence-corrected chi connectivity index (χ1v) is 6.96. The topological polar surface area (TPSA) is 0 Å². The molecular formula is C11H25Si. The quantitative estimate of drug-likeness (QED) is 0.574. The van der Waals surface area contributed by atoms with Gasteiger partial charge >= 0.3 is 0 Å². The lowest BCUT2D eigenvalue weighted by atomic mass is 10.0. The molecule has 0 unspecified atom stereocenters. The molecule has 12 heavy (non-hydrogen) atoms. The molecule has 1 radical (unpaired) electrons. The first-order valence-electron chi connectivity index (χ1n) is 5.09. The van der Waals surface area contributed by atoms with E-state index in [-0.39, 0.29) is 8.80 Å². The second kappa shape index (κ2) is 4.45. The summed E-state index contributed by atoms with van der Waals surface area (Å²) < 4.78 is 0. The van der Waals surface area contributed by atoms with Crippen molar-refractivity contribution in [2.45, 2.75) is 65.6 Å². The monoisotopic (exact) mass is 185 g/mol. The van der Waals surface area contributed by atoms with E-state index in [2.05, 4.69) is 48.5 Å². The molecule has 0 aromatic carbocycles. The fraction of sp³-hybridized carbons (Fsp3) is 1.00. The van der Waals surface area contributed by atoms with Gasteiger partial charge in [0.2, 0.25) is 0 Å². The lowest BCUT2D eigenvalue weighted by Gasteiger charge is -2.30. The normalized spacial score (nSPS) is 13.5. The fourth-order valence-corrected chi connectivity index (χ4v) is 5.06. The third-order valence-corrected chi connectivity index (χ3v) is 6.65. The summed E-state index contributed by atoms with van der Waals surface area (Å²) in [6.07, 6.45) is 0. The largest absolute Gasteiger partial charge is 0.0654 e. The van der Waals surface area contributed by atoms with E-state index >= 15 is 0 Å². The van der Waals surface area contributed by atoms with E-state index in [0.29, 0.717) is 5.41 Å². The van der Waals surface area contributed by atoms with Crippen LogP contribution in [0, 0.1) is 5.41 Å². The SMILES string of the molecule is CC(C)[Si](CC(C)(C)C)C(C)C. The van der Waals surface area contributed by atoms with Gasteiger partial charge in [-0.25, -0.2) is 0 Å². The Kier molecular flexibility index (Phi) is 4.53. The van der Waals surface area contributed by atoms with Gasteiger partial charge in [0.05, 0.1) is 8.80 Å². The van der Waals surface area contributed by atoms with Crippen molar-refractivity contribution in [1.29, 1.82) is 0 Å². The zero-order valence-electron chi connectivity index (χ0n) is 9.86. The molecule has 0 spiro atoms. The van der Waals surface area contributed by atoms with E-state index in [1.165, 1.54) is 6.04 Å². The summed E-state index contributed by atoms with van der Waals surface area (Å²) in [6, 6.07) is 1.45. The Labute approximate surface area is 80.4 Å². The standard InChI is InChI=1S/C11H25Si/c1-9(2)12(10(3)4)8-11(5,6)7/h9-10H,8H2,1-7H3. The summed E-state index contributed by atoms with van der Waals surface area (Å²) in [5.74, 6) is 0. The van der Waals surface area contributed by atoms with Crippen LogP contribution in [0.15, 0.2) is 0 Å². The van der Waals surface area contributed by atoms with Crippen LogP contribution in [-0.4, -0.2) is 8.80 Å². The molecule has 0 N–H and O–H groups in total. The van der Waals surface area contributed by atoms with E-state index in [4.69, 9.17) is 0 Å². The summed E-state index contributed by atoms with van der Waals surface area (Å²) in [5, 5.41) is 0. The zero-order chi connectivity index (χ0) is 9.94. The summed E-state index contributed by atoms with van der Waals surface area (Å²) in [5.41, 5.74) is 2.38. The average Bonchev–Trinajstić information content (AvgIpc) is 1.79. The van der Waals surface area contributed by atoms with Gasteiger partial charge < -0.3 is 0 Å². The van der Waals surface area contributed by atoms with E-state index in [9.17, 15) is 0 Å². The average molecular weight is 185 g/mol. The zero-order valence-corrected chi connectivity index (χ0v) is 10.9. The van der Waals surface area contributed by atoms with Crippen molar-refractivity contribution >= 4 is 8.80 Å². The fourth-order valence-electron chi connectivity index (χ4n) is 1.69. The van der Waals surface area contributed by atoms with E-state index in [1.54, 1.807) is 0 Å². The Morgan fingerprint density at radius 1 is 0.917 bits per heavy atom. The molecule has 0 bridgehead atoms. The highest BCUT2D eigenvalue weighted by molar-refractivity contribution is 6.61. The molecule has 73 valence electrons. The van der Waals surface area contributed by atoms with E-state index in [0.717, 1.165) is 11.1 Å². The first kappa shape index (κ1) is 12.2. The molecular weight excluding hydrogens is 160 g/mol. The van der Waals surface area contributed by atoms with Crippen molar-refractivity contribution < 1.29 is 0 Å². The van der Waals surface area contributed by atoms with Gasteiger partial charge in [0.25, 0.3) is 0 Å². The third kappa shape index (κ3) is 4.97. The summed E-state index contributed by atoms with van der Waals surface area (Å²) in [6.45, 7) is 16.6. The molecule has 0 aliphatic carbocycles. The summed E-state index contributed by atoms with van der Waals surface area (Å²) in [7, 11) is -0.136. The smallest absolute Gasteiger partial charge is 0.0539 e. The number of rotatable bonds is 3. The van der Waals surface area contributed by atoms with Crippen molar-refractivity contribution in [3.8, 4) is 0 Å². The van der Waals surface area contributed by atoms with Crippen LogP contribution in [0.3, 0.4) is 0 Å². The van der Waals surface area contributed by atoms with Gasteiger partial charge in [0.15, 0.2) is 0 Å². The molecule has 1 heteroatoms. The molecule has 0 aromatic heterocycles. The molecule has 0 heterocycles. The third-order valence-electron chi connectivity index (χ3n) is 2.22. The maximum Gasteiger partial charge on any atom is 0.0539 e. The van der Waals surface area contributed by atoms with Crippen molar-refractivity contribution in [2.75, 3.05) is 0 Å². The van der Waals surface area contributed by atoms with Gasteiger partial charge in [-0.2, -0.15) is 0 Å². The summed E-state index contributed by atoms with van der Waals surface area (Å²) in [4.78, 5) is 0. The van der Waals surface area contributed by atoms with Gasteiger partial charge in [0, 0.05) is 0 Å². The van der Waals surface area contributed by atoms with E-state index < -0.39 is 0 Å². The van der Waals surface area contributed by atoms with Crippen LogP contribution in [0.25, 0.3) is 0 Å². The van der Waals surface area contributed by atoms with Gasteiger partial charge in [-0.05, 0) is 5.41 Å². The maximum atomic E-state index is 2.39. The minimum Gasteiger partial charge on any atom is -0.0654 e. The molecule has 0 aliphatic heterocycles. The highest BCUT2D eigenvalue weighted by atomic mass is 28.3. The summed E-state index contributed by atoms with van der Waals surface area (Å²) >= 11 is 0. The Morgan fingerprint density at radius 2 is 1.25 bits per heavy atom. The lowest BCUT2D eigenvalue weighted by molar-refractivity contribution is 0.459. The number of hydrogen-bond acceptors (Lipinski definition) is 0. The van der Waals surface area contributed by atoms with Crippen LogP contribution in [0.1, 0.15) is 48.5 Å². The Morgan fingerprint density at radius 3 is 1.33 bits per heavy atom. The maximum absolute atomic E-state index is 2.39. The minimum atomic E-state index is -0.136. The second-order valence-corrected chi connectivity index (χ2v) is 9.43. The van der Waals surface area contributed by atoms with Crippen LogP contribution in [0.5, 0.6) is 0 Å².